The Morgan fingerprint density at radius 1 is 1.24 bits per heavy atom. The quantitative estimate of drug-likeness (QED) is 0.816. The fourth-order valence-corrected chi connectivity index (χ4v) is 4.69. The van der Waals surface area contributed by atoms with Crippen LogP contribution in [-0.2, 0) is 14.8 Å². The molecule has 1 N–H and O–H groups in total. The lowest BCUT2D eigenvalue weighted by Crippen LogP contribution is -2.33. The monoisotopic (exact) mass is 261 g/mol. The number of hydrogen-bond donors (Lipinski definition) is 1. The van der Waals surface area contributed by atoms with Gasteiger partial charge in [-0.2, -0.15) is 0 Å². The van der Waals surface area contributed by atoms with Crippen LogP contribution in [0.3, 0.4) is 0 Å². The van der Waals surface area contributed by atoms with E-state index in [0.29, 0.717) is 13.0 Å². The Labute approximate surface area is 102 Å². The van der Waals surface area contributed by atoms with Gasteiger partial charge >= 0.3 is 5.97 Å². The van der Waals surface area contributed by atoms with E-state index in [1.807, 2.05) is 0 Å². The van der Waals surface area contributed by atoms with Gasteiger partial charge in [0.15, 0.2) is 0 Å². The molecule has 0 aromatic rings. The Bertz CT molecular complexity index is 386. The minimum absolute atomic E-state index is 0.157. The Morgan fingerprint density at radius 3 is 2.41 bits per heavy atom. The number of aliphatic carboxylic acids is 1. The van der Waals surface area contributed by atoms with Crippen molar-refractivity contribution in [1.29, 1.82) is 0 Å². The van der Waals surface area contributed by atoms with E-state index in [-0.39, 0.29) is 18.2 Å². The first kappa shape index (κ1) is 12.8. The van der Waals surface area contributed by atoms with Crippen LogP contribution in [0.25, 0.3) is 0 Å². The molecule has 2 aliphatic rings. The van der Waals surface area contributed by atoms with Crippen LogP contribution >= 0.6 is 0 Å². The lowest BCUT2D eigenvalue weighted by molar-refractivity contribution is -0.141. The second-order valence-electron chi connectivity index (χ2n) is 5.11. The molecule has 1 saturated heterocycles. The molecule has 0 radical (unpaired) electrons. The normalized spacial score (nSPS) is 27.6. The van der Waals surface area contributed by atoms with Crippen molar-refractivity contribution in [2.75, 3.05) is 18.8 Å². The van der Waals surface area contributed by atoms with Gasteiger partial charge in [0.05, 0.1) is 11.7 Å². The van der Waals surface area contributed by atoms with Crippen LogP contribution in [0, 0.1) is 11.8 Å². The first-order valence-corrected chi connectivity index (χ1v) is 7.80. The number of carboxylic acid groups (broad SMARTS) is 1. The van der Waals surface area contributed by atoms with Crippen molar-refractivity contribution in [3.63, 3.8) is 0 Å². The third kappa shape index (κ3) is 2.98. The predicted molar refractivity (Wildman–Crippen MR) is 63.1 cm³/mol. The largest absolute Gasteiger partial charge is 0.481 e. The molecule has 0 aromatic carbocycles. The van der Waals surface area contributed by atoms with E-state index in [9.17, 15) is 13.2 Å². The zero-order chi connectivity index (χ0) is 12.5. The maximum atomic E-state index is 12.1. The highest BCUT2D eigenvalue weighted by Gasteiger charge is 2.36. The third-order valence-electron chi connectivity index (χ3n) is 3.81. The molecule has 2 rings (SSSR count). The van der Waals surface area contributed by atoms with Crippen LogP contribution in [0.4, 0.5) is 0 Å². The van der Waals surface area contributed by atoms with Crippen molar-refractivity contribution in [2.24, 2.45) is 11.8 Å². The maximum Gasteiger partial charge on any atom is 0.307 e. The first-order valence-electron chi connectivity index (χ1n) is 6.19. The van der Waals surface area contributed by atoms with E-state index in [0.717, 1.165) is 25.7 Å². The standard InChI is InChI=1S/C11H19NO4S/c13-11(14)10-5-6-12(7-10)17(15,16)8-9-3-1-2-4-9/h9-10H,1-8H2,(H,13,14). The van der Waals surface area contributed by atoms with Crippen LogP contribution in [-0.4, -0.2) is 42.6 Å². The summed E-state index contributed by atoms with van der Waals surface area (Å²) in [4.78, 5) is 10.8. The summed E-state index contributed by atoms with van der Waals surface area (Å²) < 4.78 is 25.5. The highest BCUT2D eigenvalue weighted by Crippen LogP contribution is 2.28. The number of sulfonamides is 1. The molecule has 5 nitrogen and oxygen atoms in total. The molecule has 0 bridgehead atoms. The van der Waals surface area contributed by atoms with Gasteiger partial charge in [-0.25, -0.2) is 12.7 Å². The molecule has 1 aliphatic heterocycles. The summed E-state index contributed by atoms with van der Waals surface area (Å²) in [5.41, 5.74) is 0. The van der Waals surface area contributed by atoms with Gasteiger partial charge in [0.25, 0.3) is 0 Å². The molecule has 0 spiro atoms. The van der Waals surface area contributed by atoms with Crippen molar-refractivity contribution in [2.45, 2.75) is 32.1 Å². The predicted octanol–water partition coefficient (Wildman–Crippen LogP) is 0.913. The minimum atomic E-state index is -3.24. The fourth-order valence-electron chi connectivity index (χ4n) is 2.76. The second-order valence-corrected chi connectivity index (χ2v) is 7.12. The lowest BCUT2D eigenvalue weighted by Gasteiger charge is -2.18. The van der Waals surface area contributed by atoms with Gasteiger partial charge in [-0.05, 0) is 25.2 Å². The molecule has 1 unspecified atom stereocenters. The fraction of sp³-hybridized carbons (Fsp3) is 0.909. The molecule has 98 valence electrons. The van der Waals surface area contributed by atoms with Crippen LogP contribution in [0.2, 0.25) is 0 Å². The van der Waals surface area contributed by atoms with E-state index < -0.39 is 21.9 Å². The molecule has 1 saturated carbocycles. The van der Waals surface area contributed by atoms with Gasteiger partial charge in [0.2, 0.25) is 10.0 Å². The smallest absolute Gasteiger partial charge is 0.307 e. The number of nitrogens with zero attached hydrogens (tertiary/aromatic N) is 1. The van der Waals surface area contributed by atoms with Gasteiger partial charge in [0.1, 0.15) is 0 Å². The molecular formula is C11H19NO4S. The number of carboxylic acids is 1. The molecule has 0 amide bonds. The van der Waals surface area contributed by atoms with Crippen LogP contribution in [0.5, 0.6) is 0 Å². The van der Waals surface area contributed by atoms with E-state index in [1.165, 1.54) is 4.31 Å². The Hall–Kier alpha value is -0.620. The summed E-state index contributed by atoms with van der Waals surface area (Å²) >= 11 is 0. The average Bonchev–Trinajstić information content (AvgIpc) is 2.84. The molecule has 6 heteroatoms. The van der Waals surface area contributed by atoms with Crippen molar-refractivity contribution >= 4 is 16.0 Å². The van der Waals surface area contributed by atoms with Crippen LogP contribution < -0.4 is 0 Å². The van der Waals surface area contributed by atoms with E-state index in [4.69, 9.17) is 5.11 Å². The van der Waals surface area contributed by atoms with Crippen molar-refractivity contribution in [3.8, 4) is 0 Å². The van der Waals surface area contributed by atoms with Crippen LogP contribution in [0.15, 0.2) is 0 Å². The molecule has 1 heterocycles. The Kier molecular flexibility index (Phi) is 3.73. The van der Waals surface area contributed by atoms with Gasteiger partial charge < -0.3 is 5.11 Å². The molecule has 17 heavy (non-hydrogen) atoms. The van der Waals surface area contributed by atoms with Crippen molar-refractivity contribution in [3.05, 3.63) is 0 Å². The first-order chi connectivity index (χ1) is 7.99. The lowest BCUT2D eigenvalue weighted by atomic mass is 10.1. The maximum absolute atomic E-state index is 12.1. The zero-order valence-electron chi connectivity index (χ0n) is 9.84. The van der Waals surface area contributed by atoms with Gasteiger partial charge in [-0.15, -0.1) is 0 Å². The number of rotatable bonds is 4. The summed E-state index contributed by atoms with van der Waals surface area (Å²) in [6.45, 7) is 0.524. The van der Waals surface area contributed by atoms with Gasteiger partial charge in [-0.3, -0.25) is 4.79 Å². The zero-order valence-corrected chi connectivity index (χ0v) is 10.7. The molecule has 1 aliphatic carbocycles. The van der Waals surface area contributed by atoms with Crippen molar-refractivity contribution in [1.82, 2.24) is 4.31 Å². The summed E-state index contributed by atoms with van der Waals surface area (Å²) in [7, 11) is -3.24. The molecule has 0 aromatic heterocycles. The van der Waals surface area contributed by atoms with Crippen LogP contribution in [0.1, 0.15) is 32.1 Å². The third-order valence-corrected chi connectivity index (χ3v) is 5.83. The minimum Gasteiger partial charge on any atom is -0.481 e. The van der Waals surface area contributed by atoms with E-state index in [2.05, 4.69) is 0 Å². The SMILES string of the molecule is O=C(O)C1CCN(S(=O)(=O)CC2CCCC2)C1. The summed E-state index contributed by atoms with van der Waals surface area (Å²) in [5, 5.41) is 8.86. The summed E-state index contributed by atoms with van der Waals surface area (Å²) in [6.07, 6.45) is 4.68. The van der Waals surface area contributed by atoms with E-state index >= 15 is 0 Å². The topological polar surface area (TPSA) is 74.7 Å². The summed E-state index contributed by atoms with van der Waals surface area (Å²) in [6, 6.07) is 0. The van der Waals surface area contributed by atoms with Gasteiger partial charge in [0, 0.05) is 13.1 Å². The molecule has 2 fully saturated rings. The number of hydrogen-bond acceptors (Lipinski definition) is 3. The summed E-state index contributed by atoms with van der Waals surface area (Å²) in [5.74, 6) is -0.917. The Morgan fingerprint density at radius 2 is 1.88 bits per heavy atom. The van der Waals surface area contributed by atoms with Gasteiger partial charge in [-0.1, -0.05) is 12.8 Å². The van der Waals surface area contributed by atoms with Crippen molar-refractivity contribution < 1.29 is 18.3 Å². The second kappa shape index (κ2) is 4.94. The highest BCUT2D eigenvalue weighted by atomic mass is 32.2. The number of carbonyl (C=O) groups is 1. The highest BCUT2D eigenvalue weighted by molar-refractivity contribution is 7.89. The molecular weight excluding hydrogens is 242 g/mol. The van der Waals surface area contributed by atoms with E-state index in [1.54, 1.807) is 0 Å². The Balaban J connectivity index is 1.94. The molecule has 1 atom stereocenters. The average molecular weight is 261 g/mol.